The molecule has 1 aromatic carbocycles. The summed E-state index contributed by atoms with van der Waals surface area (Å²) >= 11 is 0. The van der Waals surface area contributed by atoms with Crippen LogP contribution in [0.5, 0.6) is 5.75 Å². The van der Waals surface area contributed by atoms with Gasteiger partial charge in [-0.25, -0.2) is 0 Å². The first-order chi connectivity index (χ1) is 7.16. The highest BCUT2D eigenvalue weighted by Gasteiger charge is 2.20. The Hall–Kier alpha value is -1.02. The van der Waals surface area contributed by atoms with Crippen molar-refractivity contribution in [3.63, 3.8) is 0 Å². The Bertz CT molecular complexity index is 348. The Morgan fingerprint density at radius 2 is 2.27 bits per heavy atom. The van der Waals surface area contributed by atoms with Crippen LogP contribution < -0.4 is 0 Å². The van der Waals surface area contributed by atoms with Crippen LogP contribution in [0.3, 0.4) is 0 Å². The average Bonchev–Trinajstić information content (AvgIpc) is 2.58. The zero-order valence-electron chi connectivity index (χ0n) is 9.53. The number of benzene rings is 1. The van der Waals surface area contributed by atoms with Crippen LogP contribution in [0.2, 0.25) is 0 Å². The molecule has 0 saturated carbocycles. The summed E-state index contributed by atoms with van der Waals surface area (Å²) in [4.78, 5) is 2.44. The highest BCUT2D eigenvalue weighted by molar-refractivity contribution is 5.35. The molecule has 82 valence electrons. The van der Waals surface area contributed by atoms with E-state index in [0.717, 1.165) is 18.7 Å². The number of aryl methyl sites for hydroxylation is 1. The van der Waals surface area contributed by atoms with Crippen molar-refractivity contribution >= 4 is 0 Å². The fraction of sp³-hybridized carbons (Fsp3) is 0.538. The second-order valence-corrected chi connectivity index (χ2v) is 4.59. The van der Waals surface area contributed by atoms with Gasteiger partial charge in [-0.15, -0.1) is 0 Å². The van der Waals surface area contributed by atoms with Gasteiger partial charge in [-0.3, -0.25) is 4.90 Å². The molecule has 0 aromatic heterocycles. The van der Waals surface area contributed by atoms with Gasteiger partial charge in [-0.2, -0.15) is 0 Å². The fourth-order valence-corrected chi connectivity index (χ4v) is 2.29. The maximum absolute atomic E-state index is 9.75. The molecule has 0 radical (unpaired) electrons. The minimum absolute atomic E-state index is 0.430. The molecule has 2 heteroatoms. The van der Waals surface area contributed by atoms with Crippen LogP contribution in [-0.4, -0.2) is 22.6 Å². The maximum atomic E-state index is 9.75. The number of aromatic hydroxyl groups is 1. The first-order valence-corrected chi connectivity index (χ1v) is 5.69. The molecule has 2 rings (SSSR count). The molecule has 1 unspecified atom stereocenters. The lowest BCUT2D eigenvalue weighted by atomic mass is 10.1. The molecule has 0 amide bonds. The summed E-state index contributed by atoms with van der Waals surface area (Å²) in [5.74, 6) is 0.430. The SMILES string of the molecule is Cc1ccc(O)c(CN2CCCC2C)c1. The van der Waals surface area contributed by atoms with Gasteiger partial charge < -0.3 is 5.11 Å². The third-order valence-corrected chi connectivity index (χ3v) is 3.30. The molecular weight excluding hydrogens is 186 g/mol. The fourth-order valence-electron chi connectivity index (χ4n) is 2.29. The van der Waals surface area contributed by atoms with Gasteiger partial charge in [0.15, 0.2) is 0 Å². The zero-order valence-corrected chi connectivity index (χ0v) is 9.53. The third-order valence-electron chi connectivity index (χ3n) is 3.30. The number of rotatable bonds is 2. The summed E-state index contributed by atoms with van der Waals surface area (Å²) in [5, 5.41) is 9.75. The number of likely N-dealkylation sites (tertiary alicyclic amines) is 1. The van der Waals surface area contributed by atoms with Gasteiger partial charge in [-0.1, -0.05) is 17.7 Å². The van der Waals surface area contributed by atoms with Crippen molar-refractivity contribution in [2.24, 2.45) is 0 Å². The molecule has 1 aromatic rings. The topological polar surface area (TPSA) is 23.5 Å². The van der Waals surface area contributed by atoms with Crippen molar-refractivity contribution in [2.45, 2.75) is 39.3 Å². The number of phenolic OH excluding ortho intramolecular Hbond substituents is 1. The van der Waals surface area contributed by atoms with Crippen molar-refractivity contribution in [1.82, 2.24) is 4.90 Å². The molecule has 1 saturated heterocycles. The lowest BCUT2D eigenvalue weighted by molar-refractivity contribution is 0.256. The summed E-state index contributed by atoms with van der Waals surface area (Å²) in [6.45, 7) is 6.37. The summed E-state index contributed by atoms with van der Waals surface area (Å²) in [5.41, 5.74) is 2.28. The standard InChI is InChI=1S/C13H19NO/c1-10-5-6-13(15)12(8-10)9-14-7-3-4-11(14)2/h5-6,8,11,15H,3-4,7,9H2,1-2H3. The molecule has 0 spiro atoms. The van der Waals surface area contributed by atoms with Gasteiger partial charge in [0.25, 0.3) is 0 Å². The summed E-state index contributed by atoms with van der Waals surface area (Å²) in [6, 6.07) is 6.49. The van der Waals surface area contributed by atoms with E-state index in [1.165, 1.54) is 18.4 Å². The Morgan fingerprint density at radius 1 is 1.47 bits per heavy atom. The summed E-state index contributed by atoms with van der Waals surface area (Å²) in [7, 11) is 0. The van der Waals surface area contributed by atoms with Crippen molar-refractivity contribution in [3.8, 4) is 5.75 Å². The molecule has 1 aliphatic rings. The first kappa shape index (κ1) is 10.5. The van der Waals surface area contributed by atoms with Crippen LogP contribution in [0.25, 0.3) is 0 Å². The summed E-state index contributed by atoms with van der Waals surface area (Å²) in [6.07, 6.45) is 2.57. The van der Waals surface area contributed by atoms with E-state index in [2.05, 4.69) is 24.8 Å². The Labute approximate surface area is 91.5 Å². The molecule has 1 atom stereocenters. The van der Waals surface area contributed by atoms with Gasteiger partial charge in [0.2, 0.25) is 0 Å². The highest BCUT2D eigenvalue weighted by Crippen LogP contribution is 2.24. The Kier molecular flexibility index (Phi) is 2.96. The molecule has 0 bridgehead atoms. The van der Waals surface area contributed by atoms with Crippen LogP contribution in [0.1, 0.15) is 30.9 Å². The van der Waals surface area contributed by atoms with Crippen molar-refractivity contribution in [2.75, 3.05) is 6.54 Å². The molecule has 0 aliphatic carbocycles. The van der Waals surface area contributed by atoms with Crippen LogP contribution in [0, 0.1) is 6.92 Å². The molecule has 15 heavy (non-hydrogen) atoms. The maximum Gasteiger partial charge on any atom is 0.120 e. The normalized spacial score (nSPS) is 22.1. The van der Waals surface area contributed by atoms with E-state index in [-0.39, 0.29) is 0 Å². The number of phenols is 1. The largest absolute Gasteiger partial charge is 0.508 e. The van der Waals surface area contributed by atoms with Gasteiger partial charge in [0.1, 0.15) is 5.75 Å². The number of hydrogen-bond donors (Lipinski definition) is 1. The molecule has 1 N–H and O–H groups in total. The van der Waals surface area contributed by atoms with E-state index in [0.29, 0.717) is 11.8 Å². The van der Waals surface area contributed by atoms with E-state index in [9.17, 15) is 5.11 Å². The average molecular weight is 205 g/mol. The van der Waals surface area contributed by atoms with E-state index in [1.54, 1.807) is 6.07 Å². The van der Waals surface area contributed by atoms with E-state index in [4.69, 9.17) is 0 Å². The number of hydrogen-bond acceptors (Lipinski definition) is 2. The lowest BCUT2D eigenvalue weighted by Gasteiger charge is -2.21. The minimum Gasteiger partial charge on any atom is -0.508 e. The van der Waals surface area contributed by atoms with Gasteiger partial charge in [0, 0.05) is 18.2 Å². The predicted molar refractivity (Wildman–Crippen MR) is 61.9 cm³/mol. The van der Waals surface area contributed by atoms with Crippen molar-refractivity contribution in [1.29, 1.82) is 0 Å². The van der Waals surface area contributed by atoms with Crippen LogP contribution in [0.4, 0.5) is 0 Å². The zero-order chi connectivity index (χ0) is 10.8. The van der Waals surface area contributed by atoms with E-state index < -0.39 is 0 Å². The van der Waals surface area contributed by atoms with Gasteiger partial charge in [0.05, 0.1) is 0 Å². The highest BCUT2D eigenvalue weighted by atomic mass is 16.3. The summed E-state index contributed by atoms with van der Waals surface area (Å²) < 4.78 is 0. The van der Waals surface area contributed by atoms with Crippen LogP contribution in [-0.2, 0) is 6.54 Å². The third kappa shape index (κ3) is 2.32. The van der Waals surface area contributed by atoms with Crippen molar-refractivity contribution in [3.05, 3.63) is 29.3 Å². The van der Waals surface area contributed by atoms with E-state index in [1.807, 2.05) is 6.07 Å². The smallest absolute Gasteiger partial charge is 0.120 e. The first-order valence-electron chi connectivity index (χ1n) is 5.69. The molecule has 1 aliphatic heterocycles. The Balaban J connectivity index is 2.12. The van der Waals surface area contributed by atoms with E-state index >= 15 is 0 Å². The lowest BCUT2D eigenvalue weighted by Crippen LogP contribution is -2.26. The Morgan fingerprint density at radius 3 is 2.93 bits per heavy atom. The molecule has 1 fully saturated rings. The molecule has 2 nitrogen and oxygen atoms in total. The predicted octanol–water partition coefficient (Wildman–Crippen LogP) is 2.68. The van der Waals surface area contributed by atoms with Crippen molar-refractivity contribution < 1.29 is 5.11 Å². The quantitative estimate of drug-likeness (QED) is 0.802. The van der Waals surface area contributed by atoms with Gasteiger partial charge in [-0.05, 0) is 39.3 Å². The monoisotopic (exact) mass is 205 g/mol. The second kappa shape index (κ2) is 4.23. The van der Waals surface area contributed by atoms with Crippen LogP contribution >= 0.6 is 0 Å². The minimum atomic E-state index is 0.430. The second-order valence-electron chi connectivity index (χ2n) is 4.59. The molecule has 1 heterocycles. The molecular formula is C13H19NO. The number of nitrogens with zero attached hydrogens (tertiary/aromatic N) is 1. The van der Waals surface area contributed by atoms with Crippen LogP contribution in [0.15, 0.2) is 18.2 Å². The van der Waals surface area contributed by atoms with Gasteiger partial charge >= 0.3 is 0 Å².